The lowest BCUT2D eigenvalue weighted by molar-refractivity contribution is -0.107. The first-order valence-electron chi connectivity index (χ1n) is 10.0. The van der Waals surface area contributed by atoms with E-state index < -0.39 is 0 Å². The van der Waals surface area contributed by atoms with Crippen LogP contribution >= 0.6 is 0 Å². The predicted molar refractivity (Wildman–Crippen MR) is 112 cm³/mol. The molecular formula is C21H28FN5O3. The van der Waals surface area contributed by atoms with Gasteiger partial charge in [-0.1, -0.05) is 12.1 Å². The van der Waals surface area contributed by atoms with Crippen LogP contribution in [0.5, 0.6) is 6.01 Å². The van der Waals surface area contributed by atoms with Crippen molar-refractivity contribution in [2.24, 2.45) is 0 Å². The second-order valence-corrected chi connectivity index (χ2v) is 7.12. The fourth-order valence-corrected chi connectivity index (χ4v) is 3.40. The van der Waals surface area contributed by atoms with E-state index in [9.17, 15) is 9.18 Å². The first-order chi connectivity index (χ1) is 14.6. The highest BCUT2D eigenvalue weighted by Crippen LogP contribution is 2.26. The Labute approximate surface area is 176 Å². The smallest absolute Gasteiger partial charge is 0.318 e. The lowest BCUT2D eigenvalue weighted by atomic mass is 10.1. The summed E-state index contributed by atoms with van der Waals surface area (Å²) in [5, 5.41) is 2.95. The molecule has 0 atom stereocenters. The number of hydrogen-bond donors (Lipinski definition) is 1. The largest absolute Gasteiger partial charge is 0.461 e. The van der Waals surface area contributed by atoms with E-state index in [-0.39, 0.29) is 25.0 Å². The summed E-state index contributed by atoms with van der Waals surface area (Å²) in [5.74, 6) is -0.0226. The maximum absolute atomic E-state index is 14.8. The molecule has 0 unspecified atom stereocenters. The van der Waals surface area contributed by atoms with Crippen molar-refractivity contribution in [2.45, 2.75) is 25.9 Å². The Kier molecular flexibility index (Phi) is 7.92. The van der Waals surface area contributed by atoms with Gasteiger partial charge in [0.15, 0.2) is 5.82 Å². The van der Waals surface area contributed by atoms with Crippen molar-refractivity contribution < 1.29 is 18.7 Å². The molecule has 1 aromatic carbocycles. The van der Waals surface area contributed by atoms with E-state index in [0.29, 0.717) is 30.1 Å². The van der Waals surface area contributed by atoms with Crippen molar-refractivity contribution in [1.29, 1.82) is 0 Å². The second kappa shape index (κ2) is 10.8. The number of nitrogens with zero attached hydrogens (tertiary/aromatic N) is 4. The Morgan fingerprint density at radius 2 is 2.10 bits per heavy atom. The lowest BCUT2D eigenvalue weighted by Crippen LogP contribution is -2.24. The Balaban J connectivity index is 1.75. The van der Waals surface area contributed by atoms with Gasteiger partial charge in [-0.3, -0.25) is 14.6 Å². The number of carbonyl (C=O) groups excluding carboxylic acids is 1. The molecule has 30 heavy (non-hydrogen) atoms. The van der Waals surface area contributed by atoms with Gasteiger partial charge in [0.25, 0.3) is 0 Å². The van der Waals surface area contributed by atoms with Gasteiger partial charge in [0, 0.05) is 26.3 Å². The van der Waals surface area contributed by atoms with E-state index in [1.54, 1.807) is 26.3 Å². The Hall–Kier alpha value is -2.78. The van der Waals surface area contributed by atoms with Gasteiger partial charge in [-0.15, -0.1) is 0 Å². The molecule has 3 rings (SSSR count). The quantitative estimate of drug-likeness (QED) is 0.444. The maximum atomic E-state index is 14.8. The van der Waals surface area contributed by atoms with Gasteiger partial charge in [0.1, 0.15) is 12.4 Å². The Bertz CT molecular complexity index is 845. The summed E-state index contributed by atoms with van der Waals surface area (Å²) in [6.45, 7) is 3.56. The standard InChI is InChI=1S/C21H28FN5O3/c1-23-19-12-24-21(30-10-9-29-2)25-20(19)27(15-28)14-17-6-5-16(11-18(17)22)13-26-7-3-4-8-26/h5-6,11-12,15,23H,3-4,7-10,13-14H2,1-2H3. The van der Waals surface area contributed by atoms with Crippen LogP contribution in [0.25, 0.3) is 0 Å². The fraction of sp³-hybridized carbons (Fsp3) is 0.476. The van der Waals surface area contributed by atoms with E-state index in [1.165, 1.54) is 23.9 Å². The molecule has 9 heteroatoms. The van der Waals surface area contributed by atoms with Gasteiger partial charge in [-0.25, -0.2) is 9.37 Å². The molecule has 0 radical (unpaired) electrons. The molecule has 1 saturated heterocycles. The summed E-state index contributed by atoms with van der Waals surface area (Å²) in [6, 6.07) is 5.31. The molecule has 0 aliphatic carbocycles. The Morgan fingerprint density at radius 1 is 1.30 bits per heavy atom. The van der Waals surface area contributed by atoms with Crippen LogP contribution in [0.1, 0.15) is 24.0 Å². The van der Waals surface area contributed by atoms with Crippen molar-refractivity contribution in [3.8, 4) is 6.01 Å². The molecule has 0 bridgehead atoms. The first kappa shape index (κ1) is 21.9. The summed E-state index contributed by atoms with van der Waals surface area (Å²) < 4.78 is 25.1. The van der Waals surface area contributed by atoms with Crippen LogP contribution in [0.3, 0.4) is 0 Å². The van der Waals surface area contributed by atoms with Crippen LogP contribution in [0.15, 0.2) is 24.4 Å². The number of halogens is 1. The number of amides is 1. The molecule has 1 N–H and O–H groups in total. The maximum Gasteiger partial charge on any atom is 0.318 e. The molecule has 8 nitrogen and oxygen atoms in total. The molecule has 2 heterocycles. The molecule has 0 spiro atoms. The number of anilines is 2. The molecule has 2 aromatic rings. The minimum absolute atomic E-state index is 0.0442. The van der Waals surface area contributed by atoms with E-state index in [4.69, 9.17) is 9.47 Å². The average molecular weight is 417 g/mol. The summed E-state index contributed by atoms with van der Waals surface area (Å²) in [4.78, 5) is 23.9. The zero-order valence-electron chi connectivity index (χ0n) is 17.4. The Morgan fingerprint density at radius 3 is 2.77 bits per heavy atom. The minimum atomic E-state index is -0.338. The van der Waals surface area contributed by atoms with Crippen LogP contribution < -0.4 is 15.0 Å². The van der Waals surface area contributed by atoms with Gasteiger partial charge >= 0.3 is 6.01 Å². The summed E-state index contributed by atoms with van der Waals surface area (Å²) in [7, 11) is 3.27. The number of rotatable bonds is 11. The van der Waals surface area contributed by atoms with Crippen LogP contribution in [0.2, 0.25) is 0 Å². The molecule has 1 amide bonds. The third kappa shape index (κ3) is 5.64. The topological polar surface area (TPSA) is 79.8 Å². The van der Waals surface area contributed by atoms with Crippen LogP contribution in [-0.2, 0) is 22.6 Å². The van der Waals surface area contributed by atoms with Crippen LogP contribution in [0.4, 0.5) is 15.9 Å². The molecule has 1 aliphatic rings. The summed E-state index contributed by atoms with van der Waals surface area (Å²) in [5.41, 5.74) is 1.88. The van der Waals surface area contributed by atoms with Gasteiger partial charge in [-0.2, -0.15) is 4.98 Å². The number of benzene rings is 1. The zero-order chi connectivity index (χ0) is 21.3. The first-order valence-corrected chi connectivity index (χ1v) is 10.0. The van der Waals surface area contributed by atoms with Crippen molar-refractivity contribution in [2.75, 3.05) is 50.7 Å². The highest BCUT2D eigenvalue weighted by atomic mass is 19.1. The van der Waals surface area contributed by atoms with Gasteiger partial charge in [0.2, 0.25) is 6.41 Å². The van der Waals surface area contributed by atoms with E-state index in [1.807, 2.05) is 6.07 Å². The average Bonchev–Trinajstić information content (AvgIpc) is 3.26. The molecular weight excluding hydrogens is 389 g/mol. The normalized spacial score (nSPS) is 14.0. The van der Waals surface area contributed by atoms with E-state index in [2.05, 4.69) is 20.2 Å². The van der Waals surface area contributed by atoms with E-state index in [0.717, 1.165) is 25.2 Å². The molecule has 0 saturated carbocycles. The molecule has 1 aromatic heterocycles. The SMILES string of the molecule is CNc1cnc(OCCOC)nc1N(C=O)Cc1ccc(CN2CCCC2)cc1F. The highest BCUT2D eigenvalue weighted by Gasteiger charge is 2.18. The summed E-state index contributed by atoms with van der Waals surface area (Å²) in [6.07, 6.45) is 4.54. The van der Waals surface area contributed by atoms with Crippen molar-refractivity contribution in [1.82, 2.24) is 14.9 Å². The number of aromatic nitrogens is 2. The fourth-order valence-electron chi connectivity index (χ4n) is 3.40. The predicted octanol–water partition coefficient (Wildman–Crippen LogP) is 2.44. The number of hydrogen-bond acceptors (Lipinski definition) is 7. The van der Waals surface area contributed by atoms with Crippen molar-refractivity contribution in [3.63, 3.8) is 0 Å². The number of ether oxygens (including phenoxy) is 2. The number of likely N-dealkylation sites (tertiary alicyclic amines) is 1. The van der Waals surface area contributed by atoms with Crippen molar-refractivity contribution >= 4 is 17.9 Å². The second-order valence-electron chi connectivity index (χ2n) is 7.12. The zero-order valence-corrected chi connectivity index (χ0v) is 17.4. The minimum Gasteiger partial charge on any atom is -0.461 e. The molecule has 162 valence electrons. The number of nitrogens with one attached hydrogen (secondary N) is 1. The van der Waals surface area contributed by atoms with Crippen molar-refractivity contribution in [3.05, 3.63) is 41.3 Å². The highest BCUT2D eigenvalue weighted by molar-refractivity contribution is 5.80. The molecule has 1 aliphatic heterocycles. The van der Waals surface area contributed by atoms with Crippen LogP contribution in [-0.4, -0.2) is 61.7 Å². The van der Waals surface area contributed by atoms with E-state index >= 15 is 0 Å². The monoisotopic (exact) mass is 417 g/mol. The third-order valence-electron chi connectivity index (χ3n) is 5.00. The van der Waals surface area contributed by atoms with Gasteiger partial charge in [0.05, 0.1) is 25.0 Å². The van der Waals surface area contributed by atoms with Gasteiger partial charge in [-0.05, 0) is 37.6 Å². The number of methoxy groups -OCH3 is 1. The number of carbonyl (C=O) groups is 1. The molecule has 1 fully saturated rings. The van der Waals surface area contributed by atoms with Gasteiger partial charge < -0.3 is 14.8 Å². The lowest BCUT2D eigenvalue weighted by Gasteiger charge is -2.21. The third-order valence-corrected chi connectivity index (χ3v) is 5.00. The summed E-state index contributed by atoms with van der Waals surface area (Å²) >= 11 is 0. The van der Waals surface area contributed by atoms with Crippen LogP contribution in [0, 0.1) is 5.82 Å².